The number of aromatic nitrogens is 2. The van der Waals surface area contributed by atoms with E-state index < -0.39 is 7.12 Å². The minimum Gasteiger partial charge on any atom is -0.496 e. The molecule has 4 rings (SSSR count). The zero-order valence-electron chi connectivity index (χ0n) is 12.8. The highest BCUT2D eigenvalue weighted by Gasteiger charge is 2.31. The zero-order chi connectivity index (χ0) is 16.0. The number of hydrogen-bond donors (Lipinski definition) is 2. The van der Waals surface area contributed by atoms with E-state index in [2.05, 4.69) is 11.1 Å². The number of benzene rings is 1. The van der Waals surface area contributed by atoms with Crippen LogP contribution in [0.25, 0.3) is 5.65 Å². The molecule has 2 aromatic heterocycles. The van der Waals surface area contributed by atoms with E-state index in [-0.39, 0.29) is 5.92 Å². The third kappa shape index (κ3) is 2.22. The molecule has 0 fully saturated rings. The maximum atomic E-state index is 9.44. The standard InChI is InChI=1S/C17H17BN2O3/c1-23-15-5-3-2-4-12(15)13-7-8-14-17(13)20-10-11(18(21)22)6-9-16(20)19-14/h2-6,9-10,13,21-22H,7-8H2,1H3. The lowest BCUT2D eigenvalue weighted by Crippen LogP contribution is -2.30. The molecule has 0 saturated carbocycles. The van der Waals surface area contributed by atoms with Crippen molar-refractivity contribution in [2.75, 3.05) is 7.11 Å². The largest absolute Gasteiger partial charge is 0.496 e. The van der Waals surface area contributed by atoms with Crippen molar-refractivity contribution in [2.24, 2.45) is 0 Å². The van der Waals surface area contributed by atoms with Crippen LogP contribution >= 0.6 is 0 Å². The van der Waals surface area contributed by atoms with Crippen LogP contribution in [0.1, 0.15) is 29.3 Å². The monoisotopic (exact) mass is 308 g/mol. The van der Waals surface area contributed by atoms with Gasteiger partial charge in [-0.1, -0.05) is 24.3 Å². The minimum absolute atomic E-state index is 0.197. The van der Waals surface area contributed by atoms with Crippen LogP contribution in [-0.4, -0.2) is 33.7 Å². The average Bonchev–Trinajstić information content (AvgIpc) is 3.13. The van der Waals surface area contributed by atoms with Crippen LogP contribution in [0, 0.1) is 0 Å². The molecular weight excluding hydrogens is 291 g/mol. The van der Waals surface area contributed by atoms with E-state index in [4.69, 9.17) is 4.74 Å². The Labute approximate surface area is 134 Å². The first kappa shape index (κ1) is 14.3. The zero-order valence-corrected chi connectivity index (χ0v) is 12.8. The van der Waals surface area contributed by atoms with Crippen LogP contribution < -0.4 is 10.2 Å². The second-order valence-corrected chi connectivity index (χ2v) is 5.84. The van der Waals surface area contributed by atoms with Crippen molar-refractivity contribution in [1.82, 2.24) is 9.38 Å². The highest BCUT2D eigenvalue weighted by molar-refractivity contribution is 6.58. The highest BCUT2D eigenvalue weighted by atomic mass is 16.5. The molecule has 3 aromatic rings. The Hall–Kier alpha value is -2.31. The Kier molecular flexibility index (Phi) is 3.36. The molecule has 0 saturated heterocycles. The number of methoxy groups -OCH3 is 1. The first-order valence-electron chi connectivity index (χ1n) is 7.69. The fourth-order valence-corrected chi connectivity index (χ4v) is 3.51. The van der Waals surface area contributed by atoms with Crippen LogP contribution in [-0.2, 0) is 6.42 Å². The number of ether oxygens (including phenoxy) is 1. The van der Waals surface area contributed by atoms with Gasteiger partial charge < -0.3 is 19.2 Å². The van der Waals surface area contributed by atoms with Crippen molar-refractivity contribution in [3.8, 4) is 5.75 Å². The maximum absolute atomic E-state index is 9.44. The van der Waals surface area contributed by atoms with Gasteiger partial charge in [0.2, 0.25) is 0 Å². The number of fused-ring (bicyclic) bond motifs is 3. The van der Waals surface area contributed by atoms with Gasteiger partial charge in [-0.05, 0) is 30.4 Å². The summed E-state index contributed by atoms with van der Waals surface area (Å²) in [6, 6.07) is 11.6. The molecule has 0 amide bonds. The molecule has 0 bridgehead atoms. The number of nitrogens with zero attached hydrogens (tertiary/aromatic N) is 2. The molecule has 1 atom stereocenters. The molecule has 1 aliphatic rings. The fourth-order valence-electron chi connectivity index (χ4n) is 3.51. The Bertz CT molecular complexity index is 875. The first-order valence-corrected chi connectivity index (χ1v) is 7.69. The summed E-state index contributed by atoms with van der Waals surface area (Å²) in [5.74, 6) is 1.07. The number of hydrogen-bond acceptors (Lipinski definition) is 4. The summed E-state index contributed by atoms with van der Waals surface area (Å²) in [6.45, 7) is 0. The van der Waals surface area contributed by atoms with E-state index in [0.29, 0.717) is 5.46 Å². The van der Waals surface area contributed by atoms with Gasteiger partial charge in [-0.25, -0.2) is 4.98 Å². The van der Waals surface area contributed by atoms with Crippen LogP contribution in [0.2, 0.25) is 0 Å². The molecular formula is C17H17BN2O3. The predicted octanol–water partition coefficient (Wildman–Crippen LogP) is 1.10. The summed E-state index contributed by atoms with van der Waals surface area (Å²) in [5, 5.41) is 18.9. The molecule has 2 heterocycles. The summed E-state index contributed by atoms with van der Waals surface area (Å²) >= 11 is 0. The lowest BCUT2D eigenvalue weighted by molar-refractivity contribution is 0.407. The summed E-state index contributed by atoms with van der Waals surface area (Å²) in [5.41, 5.74) is 4.63. The molecule has 0 spiro atoms. The van der Waals surface area contributed by atoms with Gasteiger partial charge in [-0.3, -0.25) is 0 Å². The third-order valence-electron chi connectivity index (χ3n) is 4.57. The van der Waals surface area contributed by atoms with Crippen molar-refractivity contribution in [3.05, 3.63) is 59.5 Å². The smallest absolute Gasteiger partial charge is 0.489 e. The Balaban J connectivity index is 1.90. The molecule has 5 nitrogen and oxygen atoms in total. The fraction of sp³-hybridized carbons (Fsp3) is 0.235. The van der Waals surface area contributed by atoms with E-state index in [0.717, 1.165) is 41.2 Å². The molecule has 116 valence electrons. The Morgan fingerprint density at radius 1 is 1.22 bits per heavy atom. The quantitative estimate of drug-likeness (QED) is 0.711. The van der Waals surface area contributed by atoms with Gasteiger partial charge in [0, 0.05) is 17.7 Å². The first-order chi connectivity index (χ1) is 11.2. The number of para-hydroxylation sites is 1. The van der Waals surface area contributed by atoms with Gasteiger partial charge in [-0.15, -0.1) is 0 Å². The van der Waals surface area contributed by atoms with Crippen molar-refractivity contribution in [3.63, 3.8) is 0 Å². The minimum atomic E-state index is -1.48. The summed E-state index contributed by atoms with van der Waals surface area (Å²) < 4.78 is 7.49. The average molecular weight is 308 g/mol. The summed E-state index contributed by atoms with van der Waals surface area (Å²) in [6.07, 6.45) is 3.66. The van der Waals surface area contributed by atoms with Crippen molar-refractivity contribution in [1.29, 1.82) is 0 Å². The van der Waals surface area contributed by atoms with Crippen molar-refractivity contribution in [2.45, 2.75) is 18.8 Å². The van der Waals surface area contributed by atoms with E-state index >= 15 is 0 Å². The van der Waals surface area contributed by atoms with Crippen LogP contribution in [0.5, 0.6) is 5.75 Å². The molecule has 1 aromatic carbocycles. The van der Waals surface area contributed by atoms with E-state index in [1.807, 2.05) is 28.7 Å². The second-order valence-electron chi connectivity index (χ2n) is 5.84. The van der Waals surface area contributed by atoms with Gasteiger partial charge in [0.15, 0.2) is 0 Å². The van der Waals surface area contributed by atoms with Crippen LogP contribution in [0.15, 0.2) is 42.6 Å². The molecule has 6 heteroatoms. The molecule has 2 N–H and O–H groups in total. The predicted molar refractivity (Wildman–Crippen MR) is 88.2 cm³/mol. The number of imidazole rings is 1. The topological polar surface area (TPSA) is 67.0 Å². The number of rotatable bonds is 3. The van der Waals surface area contributed by atoms with Crippen LogP contribution in [0.3, 0.4) is 0 Å². The van der Waals surface area contributed by atoms with Gasteiger partial charge in [-0.2, -0.15) is 0 Å². The normalized spacial score (nSPS) is 16.6. The second kappa shape index (κ2) is 5.40. The summed E-state index contributed by atoms with van der Waals surface area (Å²) in [7, 11) is 0.201. The van der Waals surface area contributed by atoms with Gasteiger partial charge in [0.25, 0.3) is 0 Å². The number of pyridine rings is 1. The Morgan fingerprint density at radius 3 is 2.83 bits per heavy atom. The lowest BCUT2D eigenvalue weighted by Gasteiger charge is -2.16. The van der Waals surface area contributed by atoms with E-state index in [9.17, 15) is 10.0 Å². The van der Waals surface area contributed by atoms with Crippen LogP contribution in [0.4, 0.5) is 0 Å². The molecule has 23 heavy (non-hydrogen) atoms. The highest BCUT2D eigenvalue weighted by Crippen LogP contribution is 2.41. The summed E-state index contributed by atoms with van der Waals surface area (Å²) in [4.78, 5) is 4.68. The number of aryl methyl sites for hydroxylation is 1. The van der Waals surface area contributed by atoms with Gasteiger partial charge in [0.05, 0.1) is 18.5 Å². The lowest BCUT2D eigenvalue weighted by atomic mass is 9.82. The molecule has 1 unspecified atom stereocenters. The molecule has 1 aliphatic carbocycles. The SMILES string of the molecule is COc1ccccc1C1CCc2nc3ccc(B(O)O)cn3c21. The maximum Gasteiger partial charge on any atom is 0.489 e. The van der Waals surface area contributed by atoms with E-state index in [1.54, 1.807) is 19.4 Å². The van der Waals surface area contributed by atoms with E-state index in [1.165, 1.54) is 0 Å². The van der Waals surface area contributed by atoms with Gasteiger partial charge in [0.1, 0.15) is 11.4 Å². The molecule has 0 aliphatic heterocycles. The Morgan fingerprint density at radius 2 is 2.04 bits per heavy atom. The van der Waals surface area contributed by atoms with Gasteiger partial charge >= 0.3 is 7.12 Å². The van der Waals surface area contributed by atoms with Crippen molar-refractivity contribution < 1.29 is 14.8 Å². The van der Waals surface area contributed by atoms with Crippen molar-refractivity contribution >= 4 is 18.2 Å². The third-order valence-corrected chi connectivity index (χ3v) is 4.57. The molecule has 0 radical (unpaired) electrons.